The fraction of sp³-hybridized carbons (Fsp3) is 0.0769. The maximum Gasteiger partial charge on any atom is 0.341 e. The fourth-order valence-electron chi connectivity index (χ4n) is 2.13. The molecule has 0 radical (unpaired) electrons. The van der Waals surface area contributed by atoms with Crippen LogP contribution in [-0.2, 0) is 0 Å². The molecule has 0 bridgehead atoms. The van der Waals surface area contributed by atoms with Gasteiger partial charge in [-0.15, -0.1) is 0 Å². The van der Waals surface area contributed by atoms with Gasteiger partial charge in [-0.05, 0) is 18.6 Å². The Morgan fingerprint density at radius 2 is 2.28 bits per heavy atom. The van der Waals surface area contributed by atoms with Crippen LogP contribution in [0.1, 0.15) is 15.9 Å². The summed E-state index contributed by atoms with van der Waals surface area (Å²) in [6.07, 6.45) is 2.96. The predicted molar refractivity (Wildman–Crippen MR) is 65.5 cm³/mol. The molecule has 2 N–H and O–H groups in total. The van der Waals surface area contributed by atoms with Crippen LogP contribution in [0.4, 0.5) is 0 Å². The number of hydrogen-bond donors (Lipinski definition) is 2. The third-order valence-electron chi connectivity index (χ3n) is 2.96. The number of benzene rings is 1. The van der Waals surface area contributed by atoms with Gasteiger partial charge in [0, 0.05) is 22.7 Å². The number of hydrogen-bond acceptors (Lipinski definition) is 3. The molecule has 0 aliphatic heterocycles. The molecule has 0 spiro atoms. The molecule has 0 aliphatic rings. The largest absolute Gasteiger partial charge is 0.477 e. The van der Waals surface area contributed by atoms with Crippen LogP contribution in [0, 0.1) is 6.92 Å². The molecular formula is C13H10N2O3. The van der Waals surface area contributed by atoms with Gasteiger partial charge in [0.15, 0.2) is 5.76 Å². The fourth-order valence-corrected chi connectivity index (χ4v) is 2.13. The van der Waals surface area contributed by atoms with Crippen LogP contribution < -0.4 is 0 Å². The average molecular weight is 242 g/mol. The number of aryl methyl sites for hydroxylation is 1. The van der Waals surface area contributed by atoms with Crippen molar-refractivity contribution in [3.05, 3.63) is 41.7 Å². The van der Waals surface area contributed by atoms with Crippen molar-refractivity contribution in [2.75, 3.05) is 0 Å². The van der Waals surface area contributed by atoms with E-state index in [1.54, 1.807) is 6.20 Å². The van der Waals surface area contributed by atoms with Crippen molar-refractivity contribution in [1.29, 1.82) is 0 Å². The second-order valence-corrected chi connectivity index (χ2v) is 4.07. The van der Waals surface area contributed by atoms with E-state index in [9.17, 15) is 4.79 Å². The van der Waals surface area contributed by atoms with Crippen molar-refractivity contribution in [3.63, 3.8) is 0 Å². The molecule has 2 aromatic heterocycles. The zero-order chi connectivity index (χ0) is 12.7. The van der Waals surface area contributed by atoms with Crippen molar-refractivity contribution < 1.29 is 14.4 Å². The number of nitrogens with one attached hydrogen (secondary N) is 1. The van der Waals surface area contributed by atoms with Gasteiger partial charge in [-0.2, -0.15) is 0 Å². The molecule has 5 heteroatoms. The number of carboxylic acids is 1. The molecule has 0 amide bonds. The van der Waals surface area contributed by atoms with Gasteiger partial charge in [0.05, 0.1) is 6.20 Å². The first kappa shape index (κ1) is 10.6. The van der Waals surface area contributed by atoms with E-state index in [1.165, 1.54) is 6.20 Å². The minimum Gasteiger partial charge on any atom is -0.477 e. The van der Waals surface area contributed by atoms with Crippen molar-refractivity contribution in [1.82, 2.24) is 10.1 Å². The molecule has 0 fully saturated rings. The zero-order valence-electron chi connectivity index (χ0n) is 9.60. The van der Waals surface area contributed by atoms with E-state index < -0.39 is 5.97 Å². The summed E-state index contributed by atoms with van der Waals surface area (Å²) in [7, 11) is 0. The molecular weight excluding hydrogens is 232 g/mol. The molecule has 90 valence electrons. The minimum atomic E-state index is -1.05. The molecule has 0 aliphatic carbocycles. The highest BCUT2D eigenvalue weighted by atomic mass is 16.5. The molecule has 0 unspecified atom stereocenters. The molecule has 2 heterocycles. The Kier molecular flexibility index (Phi) is 2.19. The van der Waals surface area contributed by atoms with Gasteiger partial charge >= 0.3 is 5.97 Å². The number of rotatable bonds is 2. The number of carboxylic acid groups (broad SMARTS) is 1. The summed E-state index contributed by atoms with van der Waals surface area (Å²) in [4.78, 5) is 14.2. The molecule has 5 nitrogen and oxygen atoms in total. The van der Waals surface area contributed by atoms with Crippen LogP contribution in [0.5, 0.6) is 0 Å². The highest BCUT2D eigenvalue weighted by molar-refractivity contribution is 6.02. The smallest absolute Gasteiger partial charge is 0.341 e. The van der Waals surface area contributed by atoms with E-state index in [4.69, 9.17) is 9.63 Å². The van der Waals surface area contributed by atoms with Crippen molar-refractivity contribution >= 4 is 16.9 Å². The highest BCUT2D eigenvalue weighted by Gasteiger charge is 2.20. The van der Waals surface area contributed by atoms with Crippen molar-refractivity contribution in [2.45, 2.75) is 6.92 Å². The van der Waals surface area contributed by atoms with Crippen LogP contribution in [0.15, 0.2) is 35.1 Å². The predicted octanol–water partition coefficient (Wildman–Crippen LogP) is 2.83. The number of nitrogens with zero attached hydrogens (tertiary/aromatic N) is 1. The van der Waals surface area contributed by atoms with E-state index in [1.807, 2.05) is 25.1 Å². The highest BCUT2D eigenvalue weighted by Crippen LogP contribution is 2.32. The quantitative estimate of drug-likeness (QED) is 0.724. The molecule has 0 saturated carbocycles. The van der Waals surface area contributed by atoms with E-state index in [-0.39, 0.29) is 11.3 Å². The van der Waals surface area contributed by atoms with Gasteiger partial charge in [-0.1, -0.05) is 17.3 Å². The summed E-state index contributed by atoms with van der Waals surface area (Å²) in [6, 6.07) is 5.84. The monoisotopic (exact) mass is 242 g/mol. The molecule has 3 rings (SSSR count). The van der Waals surface area contributed by atoms with Gasteiger partial charge in [0.2, 0.25) is 0 Å². The van der Waals surface area contributed by atoms with Crippen LogP contribution in [0.2, 0.25) is 0 Å². The SMILES string of the molecule is Cc1cccc2[nH]cc(-c3oncc3C(=O)O)c12. The number of fused-ring (bicyclic) bond motifs is 1. The van der Waals surface area contributed by atoms with Crippen LogP contribution in [0.25, 0.3) is 22.2 Å². The third-order valence-corrected chi connectivity index (χ3v) is 2.96. The summed E-state index contributed by atoms with van der Waals surface area (Å²) in [5.74, 6) is -0.766. The van der Waals surface area contributed by atoms with Crippen molar-refractivity contribution in [2.24, 2.45) is 0 Å². The summed E-state index contributed by atoms with van der Waals surface area (Å²) < 4.78 is 5.08. The van der Waals surface area contributed by atoms with Crippen LogP contribution >= 0.6 is 0 Å². The van der Waals surface area contributed by atoms with Gasteiger partial charge in [0.25, 0.3) is 0 Å². The second-order valence-electron chi connectivity index (χ2n) is 4.07. The first-order valence-electron chi connectivity index (χ1n) is 5.43. The lowest BCUT2D eigenvalue weighted by Gasteiger charge is -1.99. The van der Waals surface area contributed by atoms with Crippen LogP contribution in [-0.4, -0.2) is 21.2 Å². The Morgan fingerprint density at radius 3 is 3.06 bits per heavy atom. The maximum atomic E-state index is 11.1. The average Bonchev–Trinajstić information content (AvgIpc) is 2.94. The zero-order valence-corrected chi connectivity index (χ0v) is 9.60. The van der Waals surface area contributed by atoms with E-state index in [2.05, 4.69) is 10.1 Å². The minimum absolute atomic E-state index is 0.0687. The number of aromatic carboxylic acids is 1. The first-order valence-corrected chi connectivity index (χ1v) is 5.43. The summed E-state index contributed by atoms with van der Waals surface area (Å²) >= 11 is 0. The Hall–Kier alpha value is -2.56. The first-order chi connectivity index (χ1) is 8.68. The maximum absolute atomic E-state index is 11.1. The van der Waals surface area contributed by atoms with E-state index in [0.29, 0.717) is 0 Å². The Labute approximate surface area is 102 Å². The van der Waals surface area contributed by atoms with E-state index >= 15 is 0 Å². The van der Waals surface area contributed by atoms with E-state index in [0.717, 1.165) is 22.0 Å². The normalized spacial score (nSPS) is 10.9. The van der Waals surface area contributed by atoms with Gasteiger partial charge in [0.1, 0.15) is 5.56 Å². The third kappa shape index (κ3) is 1.41. The summed E-state index contributed by atoms with van der Waals surface area (Å²) in [5.41, 5.74) is 2.78. The van der Waals surface area contributed by atoms with Gasteiger partial charge < -0.3 is 14.6 Å². The number of aromatic amines is 1. The molecule has 1 aromatic carbocycles. The summed E-state index contributed by atoms with van der Waals surface area (Å²) in [6.45, 7) is 1.97. The van der Waals surface area contributed by atoms with Crippen molar-refractivity contribution in [3.8, 4) is 11.3 Å². The molecule has 0 saturated heterocycles. The lowest BCUT2D eigenvalue weighted by atomic mass is 10.0. The lowest BCUT2D eigenvalue weighted by Crippen LogP contribution is -1.95. The number of carbonyl (C=O) groups is 1. The lowest BCUT2D eigenvalue weighted by molar-refractivity contribution is 0.0697. The Bertz CT molecular complexity index is 740. The molecule has 0 atom stereocenters. The van der Waals surface area contributed by atoms with Gasteiger partial charge in [-0.3, -0.25) is 0 Å². The second kappa shape index (κ2) is 3.73. The molecule has 3 aromatic rings. The molecule has 18 heavy (non-hydrogen) atoms. The standard InChI is InChI=1S/C13H10N2O3/c1-7-3-2-4-10-11(7)8(5-14-10)12-9(13(16)17)6-15-18-12/h2-6,14H,1H3,(H,16,17). The van der Waals surface area contributed by atoms with Crippen LogP contribution in [0.3, 0.4) is 0 Å². The summed E-state index contributed by atoms with van der Waals surface area (Å²) in [5, 5.41) is 13.6. The Balaban J connectivity index is 2.32. The topological polar surface area (TPSA) is 79.1 Å². The van der Waals surface area contributed by atoms with Gasteiger partial charge in [-0.25, -0.2) is 4.79 Å². The number of aromatic nitrogens is 2. The Morgan fingerprint density at radius 1 is 1.44 bits per heavy atom. The number of H-pyrrole nitrogens is 1.